The van der Waals surface area contributed by atoms with Crippen molar-refractivity contribution in [2.24, 2.45) is 5.92 Å². The minimum Gasteiger partial charge on any atom is -0.350 e. The Bertz CT molecular complexity index is 871. The lowest BCUT2D eigenvalue weighted by atomic mass is 10.0. The SMILES string of the molecule is CC(C)[C@@H](NC(=O)c1cccs1)C(=O)NCc1ccc(-c2ccn[nH]2)cc1. The number of hydrogen-bond acceptors (Lipinski definition) is 4. The molecule has 0 aliphatic carbocycles. The fourth-order valence-electron chi connectivity index (χ4n) is 2.67. The highest BCUT2D eigenvalue weighted by molar-refractivity contribution is 7.12. The third-order valence-corrected chi connectivity index (χ3v) is 5.08. The number of carbonyl (C=O) groups is 2. The molecule has 3 N–H and O–H groups in total. The van der Waals surface area contributed by atoms with Crippen LogP contribution in [0.25, 0.3) is 11.3 Å². The Morgan fingerprint density at radius 2 is 1.93 bits per heavy atom. The number of H-pyrrole nitrogens is 1. The van der Waals surface area contributed by atoms with Crippen LogP contribution in [-0.2, 0) is 11.3 Å². The zero-order valence-electron chi connectivity index (χ0n) is 15.2. The fourth-order valence-corrected chi connectivity index (χ4v) is 3.30. The molecule has 2 heterocycles. The Hall–Kier alpha value is -2.93. The van der Waals surface area contributed by atoms with Crippen molar-refractivity contribution in [1.82, 2.24) is 20.8 Å². The third kappa shape index (κ3) is 4.83. The molecule has 0 aliphatic rings. The lowest BCUT2D eigenvalue weighted by Crippen LogP contribution is -2.49. The van der Waals surface area contributed by atoms with Gasteiger partial charge >= 0.3 is 0 Å². The van der Waals surface area contributed by atoms with Gasteiger partial charge in [-0.3, -0.25) is 14.7 Å². The van der Waals surface area contributed by atoms with Crippen molar-refractivity contribution in [2.75, 3.05) is 0 Å². The molecule has 7 heteroatoms. The van der Waals surface area contributed by atoms with E-state index in [1.165, 1.54) is 11.3 Å². The molecule has 0 radical (unpaired) electrons. The molecule has 27 heavy (non-hydrogen) atoms. The number of thiophene rings is 1. The Labute approximate surface area is 162 Å². The summed E-state index contributed by atoms with van der Waals surface area (Å²) in [5.41, 5.74) is 2.96. The van der Waals surface area contributed by atoms with Gasteiger partial charge in [0.2, 0.25) is 5.91 Å². The van der Waals surface area contributed by atoms with Crippen molar-refractivity contribution >= 4 is 23.2 Å². The topological polar surface area (TPSA) is 86.9 Å². The molecule has 0 spiro atoms. The third-order valence-electron chi connectivity index (χ3n) is 4.21. The molecule has 0 saturated carbocycles. The summed E-state index contributed by atoms with van der Waals surface area (Å²) in [6.07, 6.45) is 1.71. The van der Waals surface area contributed by atoms with E-state index in [9.17, 15) is 9.59 Å². The van der Waals surface area contributed by atoms with Crippen molar-refractivity contribution in [3.63, 3.8) is 0 Å². The molecule has 6 nitrogen and oxygen atoms in total. The number of amides is 2. The predicted octanol–water partition coefficient (Wildman–Crippen LogP) is 3.21. The molecule has 0 bridgehead atoms. The molecule has 2 amide bonds. The van der Waals surface area contributed by atoms with Gasteiger partial charge in [-0.15, -0.1) is 11.3 Å². The first-order valence-electron chi connectivity index (χ1n) is 8.75. The lowest BCUT2D eigenvalue weighted by Gasteiger charge is -2.21. The molecule has 0 fully saturated rings. The van der Waals surface area contributed by atoms with Gasteiger partial charge in [-0.05, 0) is 34.6 Å². The Balaban J connectivity index is 1.58. The number of aromatic nitrogens is 2. The van der Waals surface area contributed by atoms with Crippen molar-refractivity contribution in [1.29, 1.82) is 0 Å². The number of aromatic amines is 1. The summed E-state index contributed by atoms with van der Waals surface area (Å²) >= 11 is 1.36. The van der Waals surface area contributed by atoms with Crippen LogP contribution in [0.1, 0.15) is 29.1 Å². The van der Waals surface area contributed by atoms with E-state index in [2.05, 4.69) is 20.8 Å². The van der Waals surface area contributed by atoms with Crippen LogP contribution >= 0.6 is 11.3 Å². The van der Waals surface area contributed by atoms with E-state index >= 15 is 0 Å². The summed E-state index contributed by atoms with van der Waals surface area (Å²) < 4.78 is 0. The summed E-state index contributed by atoms with van der Waals surface area (Å²) in [5, 5.41) is 14.4. The minimum atomic E-state index is -0.580. The molecule has 2 aromatic heterocycles. The van der Waals surface area contributed by atoms with Crippen molar-refractivity contribution in [3.8, 4) is 11.3 Å². The van der Waals surface area contributed by atoms with Gasteiger partial charge < -0.3 is 10.6 Å². The van der Waals surface area contributed by atoms with E-state index in [0.29, 0.717) is 11.4 Å². The maximum Gasteiger partial charge on any atom is 0.262 e. The summed E-state index contributed by atoms with van der Waals surface area (Å²) in [6.45, 7) is 4.23. The Morgan fingerprint density at radius 3 is 2.52 bits per heavy atom. The molecule has 0 unspecified atom stereocenters. The molecule has 140 valence electrons. The van der Waals surface area contributed by atoms with Gasteiger partial charge in [-0.2, -0.15) is 5.10 Å². The van der Waals surface area contributed by atoms with Crippen LogP contribution in [0.4, 0.5) is 0 Å². The van der Waals surface area contributed by atoms with Crippen LogP contribution in [0.5, 0.6) is 0 Å². The van der Waals surface area contributed by atoms with Crippen LogP contribution in [-0.4, -0.2) is 28.1 Å². The van der Waals surface area contributed by atoms with Gasteiger partial charge in [0.25, 0.3) is 5.91 Å². The molecular weight excluding hydrogens is 360 g/mol. The average Bonchev–Trinajstić information content (AvgIpc) is 3.38. The van der Waals surface area contributed by atoms with Crippen molar-refractivity contribution in [2.45, 2.75) is 26.4 Å². The average molecular weight is 382 g/mol. The van der Waals surface area contributed by atoms with Crippen LogP contribution in [0, 0.1) is 5.92 Å². The molecule has 3 aromatic rings. The van der Waals surface area contributed by atoms with Gasteiger partial charge in [-0.25, -0.2) is 0 Å². The second-order valence-corrected chi connectivity index (χ2v) is 7.51. The van der Waals surface area contributed by atoms with Crippen molar-refractivity contribution < 1.29 is 9.59 Å². The van der Waals surface area contributed by atoms with Crippen LogP contribution < -0.4 is 10.6 Å². The fraction of sp³-hybridized carbons (Fsp3) is 0.250. The van der Waals surface area contributed by atoms with Crippen molar-refractivity contribution in [3.05, 3.63) is 64.5 Å². The maximum absolute atomic E-state index is 12.6. The number of benzene rings is 1. The first-order chi connectivity index (χ1) is 13.0. The minimum absolute atomic E-state index is 0.0170. The van der Waals surface area contributed by atoms with Gasteiger partial charge in [0.1, 0.15) is 6.04 Å². The predicted molar refractivity (Wildman–Crippen MR) is 106 cm³/mol. The summed E-state index contributed by atoms with van der Waals surface area (Å²) in [5.74, 6) is -0.424. The van der Waals surface area contributed by atoms with E-state index in [4.69, 9.17) is 0 Å². The summed E-state index contributed by atoms with van der Waals surface area (Å²) in [6, 6.07) is 12.8. The normalized spacial score (nSPS) is 12.0. The highest BCUT2D eigenvalue weighted by Crippen LogP contribution is 2.16. The monoisotopic (exact) mass is 382 g/mol. The van der Waals surface area contributed by atoms with Crippen LogP contribution in [0.2, 0.25) is 0 Å². The Morgan fingerprint density at radius 1 is 1.15 bits per heavy atom. The summed E-state index contributed by atoms with van der Waals surface area (Å²) in [4.78, 5) is 25.4. The van der Waals surface area contributed by atoms with E-state index in [1.54, 1.807) is 12.3 Å². The van der Waals surface area contributed by atoms with E-state index in [0.717, 1.165) is 16.8 Å². The number of rotatable bonds is 7. The first kappa shape index (κ1) is 18.8. The molecule has 0 saturated heterocycles. The van der Waals surface area contributed by atoms with E-state index < -0.39 is 6.04 Å². The number of nitrogens with one attached hydrogen (secondary N) is 3. The molecule has 1 aromatic carbocycles. The second-order valence-electron chi connectivity index (χ2n) is 6.56. The van der Waals surface area contributed by atoms with E-state index in [1.807, 2.05) is 55.6 Å². The smallest absolute Gasteiger partial charge is 0.262 e. The number of hydrogen-bond donors (Lipinski definition) is 3. The molecular formula is C20H22N4O2S. The zero-order chi connectivity index (χ0) is 19.2. The number of carbonyl (C=O) groups excluding carboxylic acids is 2. The maximum atomic E-state index is 12.6. The number of nitrogens with zero attached hydrogens (tertiary/aromatic N) is 1. The molecule has 1 atom stereocenters. The zero-order valence-corrected chi connectivity index (χ0v) is 16.0. The van der Waals surface area contributed by atoms with Crippen LogP contribution in [0.3, 0.4) is 0 Å². The van der Waals surface area contributed by atoms with Gasteiger partial charge in [0.05, 0.1) is 10.6 Å². The van der Waals surface area contributed by atoms with Crippen LogP contribution in [0.15, 0.2) is 54.0 Å². The lowest BCUT2D eigenvalue weighted by molar-refractivity contribution is -0.124. The van der Waals surface area contributed by atoms with Gasteiger partial charge in [0.15, 0.2) is 0 Å². The van der Waals surface area contributed by atoms with E-state index in [-0.39, 0.29) is 17.7 Å². The largest absolute Gasteiger partial charge is 0.350 e. The highest BCUT2D eigenvalue weighted by atomic mass is 32.1. The second kappa shape index (κ2) is 8.64. The summed E-state index contributed by atoms with van der Waals surface area (Å²) in [7, 11) is 0. The molecule has 0 aliphatic heterocycles. The standard InChI is InChI=1S/C20H22N4O2S/c1-13(2)18(23-19(25)17-4-3-11-27-17)20(26)21-12-14-5-7-15(8-6-14)16-9-10-22-24-16/h3-11,13,18H,12H2,1-2H3,(H,21,26)(H,22,24)(H,23,25)/t18-/m1/s1. The molecule has 3 rings (SSSR count). The van der Waals surface area contributed by atoms with Gasteiger partial charge in [0, 0.05) is 12.7 Å². The first-order valence-corrected chi connectivity index (χ1v) is 9.63. The Kier molecular flexibility index (Phi) is 6.03. The quantitative estimate of drug-likeness (QED) is 0.586. The van der Waals surface area contributed by atoms with Gasteiger partial charge in [-0.1, -0.05) is 44.2 Å². The highest BCUT2D eigenvalue weighted by Gasteiger charge is 2.24.